The fraction of sp³-hybridized carbons (Fsp3) is 0.308. The van der Waals surface area contributed by atoms with E-state index in [4.69, 9.17) is 23.2 Å². The Morgan fingerprint density at radius 1 is 1.38 bits per heavy atom. The average Bonchev–Trinajstić information content (AvgIpc) is 2.95. The third-order valence-electron chi connectivity index (χ3n) is 2.91. The van der Waals surface area contributed by atoms with Crippen molar-refractivity contribution in [2.45, 2.75) is 13.0 Å². The zero-order chi connectivity index (χ0) is 17.9. The lowest BCUT2D eigenvalue weighted by atomic mass is 10.3. The van der Waals surface area contributed by atoms with E-state index >= 15 is 0 Å². The maximum atomic E-state index is 12.2. The molecule has 11 heteroatoms. The Hall–Kier alpha value is -1.26. The molecule has 2 aromatic rings. The van der Waals surface area contributed by atoms with Crippen LogP contribution in [0.5, 0.6) is 0 Å². The molecule has 2 aromatic heterocycles. The molecule has 0 saturated heterocycles. The van der Waals surface area contributed by atoms with Gasteiger partial charge in [-0.05, 0) is 18.6 Å². The number of ketones is 1. The van der Waals surface area contributed by atoms with Crippen LogP contribution in [0.2, 0.25) is 10.0 Å². The monoisotopic (exact) mass is 409 g/mol. The molecule has 0 atom stereocenters. The first-order valence-corrected chi connectivity index (χ1v) is 10.1. The number of rotatable bonds is 7. The van der Waals surface area contributed by atoms with E-state index in [1.54, 1.807) is 12.1 Å². The Morgan fingerprint density at radius 2 is 2.08 bits per heavy atom. The van der Waals surface area contributed by atoms with E-state index in [0.29, 0.717) is 11.3 Å². The predicted molar refractivity (Wildman–Crippen MR) is 93.7 cm³/mol. The van der Waals surface area contributed by atoms with Crippen LogP contribution >= 0.6 is 34.5 Å². The summed E-state index contributed by atoms with van der Waals surface area (Å²) >= 11 is 12.7. The minimum atomic E-state index is -3.24. The summed E-state index contributed by atoms with van der Waals surface area (Å²) in [7, 11) is -3.24. The van der Waals surface area contributed by atoms with Gasteiger partial charge in [0.15, 0.2) is 5.78 Å². The minimum Gasteiger partial charge on any atom is -0.291 e. The van der Waals surface area contributed by atoms with E-state index in [2.05, 4.69) is 9.82 Å². The maximum absolute atomic E-state index is 12.2. The van der Waals surface area contributed by atoms with E-state index in [0.717, 1.165) is 15.8 Å². The normalized spacial score (nSPS) is 11.6. The van der Waals surface area contributed by atoms with Crippen LogP contribution < -0.4 is 10.3 Å². The molecule has 0 aliphatic rings. The van der Waals surface area contributed by atoms with E-state index in [1.807, 2.05) is 0 Å². The van der Waals surface area contributed by atoms with Gasteiger partial charge in [-0.25, -0.2) is 17.8 Å². The van der Waals surface area contributed by atoms with Crippen LogP contribution in [0.3, 0.4) is 0 Å². The number of Topliss-reactive ketones (excluding diaryl/α,β-unsaturated/α-hetero) is 1. The highest BCUT2D eigenvalue weighted by atomic mass is 35.5. The number of aromatic nitrogens is 2. The van der Waals surface area contributed by atoms with Crippen molar-refractivity contribution in [3.05, 3.63) is 48.5 Å². The molecule has 2 heterocycles. The lowest BCUT2D eigenvalue weighted by molar-refractivity contribution is 0.0969. The topological polar surface area (TPSA) is 98.1 Å². The predicted octanol–water partition coefficient (Wildman–Crippen LogP) is 1.59. The van der Waals surface area contributed by atoms with E-state index in [9.17, 15) is 18.0 Å². The zero-order valence-corrected chi connectivity index (χ0v) is 15.6. The number of nitrogens with one attached hydrogen (secondary N) is 1. The summed E-state index contributed by atoms with van der Waals surface area (Å²) in [5.41, 5.74) is -0.633. The van der Waals surface area contributed by atoms with Gasteiger partial charge in [0.05, 0.1) is 22.4 Å². The van der Waals surface area contributed by atoms with Crippen molar-refractivity contribution in [1.82, 2.24) is 14.5 Å². The minimum absolute atomic E-state index is 0.0298. The van der Waals surface area contributed by atoms with Gasteiger partial charge in [-0.3, -0.25) is 9.59 Å². The fourth-order valence-corrected chi connectivity index (χ4v) is 3.47. The number of thiophene rings is 1. The van der Waals surface area contributed by atoms with Crippen LogP contribution in [-0.2, 0) is 23.0 Å². The molecule has 0 saturated carbocycles. The first-order chi connectivity index (χ1) is 11.2. The first-order valence-electron chi connectivity index (χ1n) is 6.65. The highest BCUT2D eigenvalue weighted by Gasteiger charge is 2.14. The van der Waals surface area contributed by atoms with Gasteiger partial charge in [0, 0.05) is 11.4 Å². The Kier molecular flexibility index (Phi) is 6.16. The van der Waals surface area contributed by atoms with Gasteiger partial charge in [0.1, 0.15) is 11.6 Å². The molecule has 24 heavy (non-hydrogen) atoms. The first kappa shape index (κ1) is 19.1. The number of carbonyl (C=O) groups is 1. The summed E-state index contributed by atoms with van der Waals surface area (Å²) in [6.45, 7) is -0.00194. The molecule has 7 nitrogen and oxygen atoms in total. The third kappa shape index (κ3) is 5.12. The van der Waals surface area contributed by atoms with Gasteiger partial charge < -0.3 is 0 Å². The molecule has 130 valence electrons. The Balaban J connectivity index is 2.04. The molecule has 2 rings (SSSR count). The van der Waals surface area contributed by atoms with Crippen molar-refractivity contribution in [2.75, 3.05) is 12.8 Å². The maximum Gasteiger partial charge on any atom is 0.287 e. The van der Waals surface area contributed by atoms with Crippen LogP contribution in [0.1, 0.15) is 14.5 Å². The molecule has 0 bridgehead atoms. The second kappa shape index (κ2) is 7.75. The molecule has 0 aromatic carbocycles. The van der Waals surface area contributed by atoms with Crippen LogP contribution in [0.4, 0.5) is 0 Å². The SMILES string of the molecule is CS(=O)(=O)NCCc1ccc(C(=O)Cn2ncc(Cl)c(Cl)c2=O)s1. The standard InChI is InChI=1S/C13H13Cl2N3O4S2/c1-24(21,22)17-5-4-8-2-3-11(23-8)10(19)7-18-13(20)12(15)9(14)6-16-18/h2-3,6,17H,4-5,7H2,1H3. The van der Waals surface area contributed by atoms with E-state index in [1.165, 1.54) is 17.5 Å². The van der Waals surface area contributed by atoms with Crippen LogP contribution in [0.25, 0.3) is 0 Å². The number of sulfonamides is 1. The number of hydrogen-bond donors (Lipinski definition) is 1. The smallest absolute Gasteiger partial charge is 0.287 e. The van der Waals surface area contributed by atoms with Gasteiger partial charge in [0.2, 0.25) is 10.0 Å². The Bertz CT molecular complexity index is 922. The molecule has 0 unspecified atom stereocenters. The van der Waals surface area contributed by atoms with Crippen molar-refractivity contribution < 1.29 is 13.2 Å². The summed E-state index contributed by atoms with van der Waals surface area (Å²) in [6, 6.07) is 3.37. The summed E-state index contributed by atoms with van der Waals surface area (Å²) in [4.78, 5) is 25.4. The summed E-state index contributed by atoms with van der Waals surface area (Å²) < 4.78 is 25.3. The second-order valence-electron chi connectivity index (χ2n) is 4.87. The molecule has 0 aliphatic heterocycles. The lowest BCUT2D eigenvalue weighted by Crippen LogP contribution is -2.26. The van der Waals surface area contributed by atoms with E-state index < -0.39 is 15.6 Å². The molecule has 0 fully saturated rings. The molecule has 0 aliphatic carbocycles. The van der Waals surface area contributed by atoms with Crippen LogP contribution in [-0.4, -0.2) is 36.8 Å². The van der Waals surface area contributed by atoms with Crippen molar-refractivity contribution in [3.63, 3.8) is 0 Å². The van der Waals surface area contributed by atoms with E-state index in [-0.39, 0.29) is 28.9 Å². The number of nitrogens with zero attached hydrogens (tertiary/aromatic N) is 2. The highest BCUT2D eigenvalue weighted by Crippen LogP contribution is 2.18. The highest BCUT2D eigenvalue weighted by molar-refractivity contribution is 7.88. The fourth-order valence-electron chi connectivity index (χ4n) is 1.79. The second-order valence-corrected chi connectivity index (χ2v) is 8.66. The van der Waals surface area contributed by atoms with Crippen molar-refractivity contribution >= 4 is 50.3 Å². The van der Waals surface area contributed by atoms with Gasteiger partial charge in [-0.2, -0.15) is 5.10 Å². The summed E-state index contributed by atoms with van der Waals surface area (Å²) in [5, 5.41) is 3.63. The lowest BCUT2D eigenvalue weighted by Gasteiger charge is -2.03. The summed E-state index contributed by atoms with van der Waals surface area (Å²) in [5.74, 6) is -0.296. The van der Waals surface area contributed by atoms with Crippen LogP contribution in [0, 0.1) is 0 Å². The number of hydrogen-bond acceptors (Lipinski definition) is 6. The number of carbonyl (C=O) groups excluding carboxylic acids is 1. The van der Waals surface area contributed by atoms with Gasteiger partial charge in [-0.1, -0.05) is 23.2 Å². The van der Waals surface area contributed by atoms with Gasteiger partial charge in [-0.15, -0.1) is 11.3 Å². The molecule has 1 N–H and O–H groups in total. The Morgan fingerprint density at radius 3 is 2.75 bits per heavy atom. The molecule has 0 amide bonds. The van der Waals surface area contributed by atoms with Gasteiger partial charge in [0.25, 0.3) is 5.56 Å². The largest absolute Gasteiger partial charge is 0.291 e. The molecular formula is C13H13Cl2N3O4S2. The average molecular weight is 410 g/mol. The van der Waals surface area contributed by atoms with Crippen LogP contribution in [0.15, 0.2) is 23.1 Å². The summed E-state index contributed by atoms with van der Waals surface area (Å²) in [6.07, 6.45) is 2.75. The number of halogens is 2. The zero-order valence-electron chi connectivity index (χ0n) is 12.5. The van der Waals surface area contributed by atoms with Crippen molar-refractivity contribution in [1.29, 1.82) is 0 Å². The third-order valence-corrected chi connectivity index (χ3v) is 5.57. The van der Waals surface area contributed by atoms with Gasteiger partial charge >= 0.3 is 0 Å². The van der Waals surface area contributed by atoms with Crippen molar-refractivity contribution in [3.8, 4) is 0 Å². The molecular weight excluding hydrogens is 397 g/mol. The Labute approximate surface area is 152 Å². The van der Waals surface area contributed by atoms with Crippen molar-refractivity contribution in [2.24, 2.45) is 0 Å². The molecule has 0 radical (unpaired) electrons. The molecule has 0 spiro atoms. The quantitative estimate of drug-likeness (QED) is 0.699.